The zero-order valence-electron chi connectivity index (χ0n) is 22.6. The van der Waals surface area contributed by atoms with E-state index in [0.717, 1.165) is 7.11 Å². The number of ether oxygens (including phenoxy) is 7. The fourth-order valence-electron chi connectivity index (χ4n) is 3.18. The molecule has 1 unspecified atom stereocenters. The molecule has 13 nitrogen and oxygen atoms in total. The van der Waals surface area contributed by atoms with Gasteiger partial charge in [-0.3, -0.25) is 19.2 Å². The van der Waals surface area contributed by atoms with Crippen LogP contribution in [0.5, 0.6) is 5.75 Å². The SMILES string of the molecule is [2H]CC(=O)OC[C@H]1OC(Oc2ccc(N)cc2C(=O)OC)[C@H](OC(=O)C[2H])[C@@H](OC(=O)C[2H])[C@H]1OC(=O)C[2H]. The second-order valence-electron chi connectivity index (χ2n) is 6.95. The molecule has 0 amide bonds. The van der Waals surface area contributed by atoms with E-state index in [0.29, 0.717) is 0 Å². The molecule has 5 atom stereocenters. The molecule has 1 saturated heterocycles. The van der Waals surface area contributed by atoms with Gasteiger partial charge in [-0.15, -0.1) is 0 Å². The molecule has 0 aliphatic carbocycles. The van der Waals surface area contributed by atoms with Gasteiger partial charge < -0.3 is 38.9 Å². The summed E-state index contributed by atoms with van der Waals surface area (Å²) in [5.41, 5.74) is 5.74. The number of carbonyl (C=O) groups excluding carboxylic acids is 5. The zero-order chi connectivity index (χ0) is 29.1. The van der Waals surface area contributed by atoms with Crippen molar-refractivity contribution in [3.63, 3.8) is 0 Å². The third-order valence-electron chi connectivity index (χ3n) is 4.45. The Morgan fingerprint density at radius 1 is 0.914 bits per heavy atom. The Kier molecular flexibility index (Phi) is 7.43. The first-order valence-corrected chi connectivity index (χ1v) is 9.79. The molecule has 13 heteroatoms. The topological polar surface area (TPSA) is 176 Å². The summed E-state index contributed by atoms with van der Waals surface area (Å²) < 4.78 is 66.0. The number of benzene rings is 1. The van der Waals surface area contributed by atoms with E-state index in [1.807, 2.05) is 0 Å². The van der Waals surface area contributed by atoms with E-state index in [4.69, 9.17) is 44.4 Å². The van der Waals surface area contributed by atoms with Crippen molar-refractivity contribution in [2.45, 2.75) is 58.3 Å². The number of hydrogen-bond donors (Lipinski definition) is 1. The van der Waals surface area contributed by atoms with E-state index in [1.54, 1.807) is 0 Å². The molecule has 1 aromatic carbocycles. The minimum absolute atomic E-state index is 0.161. The summed E-state index contributed by atoms with van der Waals surface area (Å²) in [6.07, 6.45) is -8.39. The lowest BCUT2D eigenvalue weighted by Crippen LogP contribution is -2.63. The first-order valence-electron chi connectivity index (χ1n) is 12.6. The predicted octanol–water partition coefficient (Wildman–Crippen LogP) is 0.517. The summed E-state index contributed by atoms with van der Waals surface area (Å²) in [5, 5.41) is 0. The summed E-state index contributed by atoms with van der Waals surface area (Å²) >= 11 is 0. The van der Waals surface area contributed by atoms with Crippen molar-refractivity contribution >= 4 is 35.5 Å². The molecule has 35 heavy (non-hydrogen) atoms. The maximum absolute atomic E-state index is 12.3. The Labute approximate surface area is 206 Å². The monoisotopic (exact) mass is 501 g/mol. The number of anilines is 1. The number of carbonyl (C=O) groups is 5. The lowest BCUT2D eigenvalue weighted by molar-refractivity contribution is -0.288. The maximum Gasteiger partial charge on any atom is 0.341 e. The highest BCUT2D eigenvalue weighted by atomic mass is 16.7. The van der Waals surface area contributed by atoms with Crippen molar-refractivity contribution in [1.29, 1.82) is 0 Å². The van der Waals surface area contributed by atoms with Crippen molar-refractivity contribution < 1.29 is 62.6 Å². The second kappa shape index (κ2) is 12.0. The average Bonchev–Trinajstić information content (AvgIpc) is 2.94. The number of hydrogen-bond acceptors (Lipinski definition) is 13. The van der Waals surface area contributed by atoms with Crippen molar-refractivity contribution in [2.75, 3.05) is 19.5 Å². The number of esters is 5. The van der Waals surface area contributed by atoms with E-state index >= 15 is 0 Å². The lowest BCUT2D eigenvalue weighted by Gasteiger charge is -2.44. The van der Waals surface area contributed by atoms with Crippen molar-refractivity contribution in [1.82, 2.24) is 0 Å². The molecule has 1 fully saturated rings. The Bertz CT molecular complexity index is 1060. The predicted molar refractivity (Wildman–Crippen MR) is 115 cm³/mol. The first kappa shape index (κ1) is 21.6. The van der Waals surface area contributed by atoms with Crippen LogP contribution < -0.4 is 10.5 Å². The van der Waals surface area contributed by atoms with E-state index in [2.05, 4.69) is 0 Å². The molecule has 1 heterocycles. The Balaban J connectivity index is 2.61. The molecule has 2 N–H and O–H groups in total. The van der Waals surface area contributed by atoms with Crippen molar-refractivity contribution in [3.05, 3.63) is 23.8 Å². The summed E-state index contributed by atoms with van der Waals surface area (Å²) in [5.74, 6) is -5.46. The molecule has 192 valence electrons. The van der Waals surface area contributed by atoms with Gasteiger partial charge in [0.2, 0.25) is 12.4 Å². The molecular weight excluding hydrogens is 470 g/mol. The van der Waals surface area contributed by atoms with E-state index in [1.165, 1.54) is 18.2 Å². The maximum atomic E-state index is 12.3. The number of nitrogens with two attached hydrogens (primary N) is 1. The van der Waals surface area contributed by atoms with E-state index in [-0.39, 0.29) is 17.0 Å². The largest absolute Gasteiger partial charge is 0.465 e. The minimum atomic E-state index is -1.76. The van der Waals surface area contributed by atoms with Gasteiger partial charge >= 0.3 is 29.8 Å². The van der Waals surface area contributed by atoms with Crippen molar-refractivity contribution in [2.24, 2.45) is 0 Å². The van der Waals surface area contributed by atoms with Crippen LogP contribution in [-0.4, -0.2) is 74.3 Å². The molecule has 0 bridgehead atoms. The average molecular weight is 501 g/mol. The standard InChI is InChI=1S/C22H27NO12/c1-10(24)30-9-17-18(31-11(2)25)19(32-12(3)26)20(33-13(4)27)22(35-17)34-16-7-6-14(23)8-15(16)21(28)29-5/h6-8,17-20,22H,9,23H2,1-5H3/t17-,18+,19+,20-,22?/m1/s1/i1D,2D,3D,4D. The van der Waals surface area contributed by atoms with Crippen LogP contribution in [0.4, 0.5) is 5.69 Å². The summed E-state index contributed by atoms with van der Waals surface area (Å²) in [6, 6.07) is 3.85. The molecule has 1 aliphatic rings. The van der Waals surface area contributed by atoms with Crippen LogP contribution in [0.25, 0.3) is 0 Å². The quantitative estimate of drug-likeness (QED) is 0.296. The highest BCUT2D eigenvalue weighted by molar-refractivity contribution is 5.93. The molecule has 1 aliphatic heterocycles. The minimum Gasteiger partial charge on any atom is -0.465 e. The molecule has 1 aromatic rings. The van der Waals surface area contributed by atoms with Gasteiger partial charge in [-0.25, -0.2) is 4.79 Å². The van der Waals surface area contributed by atoms with Crippen LogP contribution in [0.2, 0.25) is 0 Å². The highest BCUT2D eigenvalue weighted by Crippen LogP contribution is 2.32. The van der Waals surface area contributed by atoms with E-state index in [9.17, 15) is 24.0 Å². The molecule has 0 radical (unpaired) electrons. The normalized spacial score (nSPS) is 24.9. The van der Waals surface area contributed by atoms with Crippen LogP contribution >= 0.6 is 0 Å². The summed E-state index contributed by atoms with van der Waals surface area (Å²) in [4.78, 5) is 60.3. The van der Waals surface area contributed by atoms with Gasteiger partial charge in [0.1, 0.15) is 24.0 Å². The molecule has 0 aromatic heterocycles. The van der Waals surface area contributed by atoms with Gasteiger partial charge in [-0.05, 0) is 18.2 Å². The summed E-state index contributed by atoms with van der Waals surface area (Å²) in [6.45, 7) is -4.10. The van der Waals surface area contributed by atoms with Crippen LogP contribution in [-0.2, 0) is 47.6 Å². The van der Waals surface area contributed by atoms with Crippen LogP contribution in [0.15, 0.2) is 18.2 Å². The van der Waals surface area contributed by atoms with Gasteiger partial charge in [0.25, 0.3) is 0 Å². The Morgan fingerprint density at radius 2 is 1.51 bits per heavy atom. The fraction of sp³-hybridized carbons (Fsp3) is 0.500. The fourth-order valence-corrected chi connectivity index (χ4v) is 3.18. The number of rotatable bonds is 8. The van der Waals surface area contributed by atoms with Crippen LogP contribution in [0.3, 0.4) is 0 Å². The molecule has 0 spiro atoms. The van der Waals surface area contributed by atoms with Gasteiger partial charge in [0.15, 0.2) is 12.2 Å². The molecule has 0 saturated carbocycles. The first-order chi connectivity index (χ1) is 18.6. The molecular formula is C22H27NO12. The number of methoxy groups -OCH3 is 1. The second-order valence-corrected chi connectivity index (χ2v) is 6.95. The van der Waals surface area contributed by atoms with Gasteiger partial charge in [0.05, 0.1) is 7.11 Å². The zero-order valence-corrected chi connectivity index (χ0v) is 18.6. The Hall–Kier alpha value is -3.87. The Morgan fingerprint density at radius 3 is 2.11 bits per heavy atom. The third kappa shape index (κ3) is 7.57. The van der Waals surface area contributed by atoms with Crippen LogP contribution in [0.1, 0.15) is 43.4 Å². The van der Waals surface area contributed by atoms with Gasteiger partial charge in [-0.1, -0.05) is 0 Å². The summed E-state index contributed by atoms with van der Waals surface area (Å²) in [7, 11) is 1.10. The lowest BCUT2D eigenvalue weighted by atomic mass is 9.98. The number of nitrogen functional groups attached to an aromatic ring is 1. The third-order valence-corrected chi connectivity index (χ3v) is 4.45. The van der Waals surface area contributed by atoms with Gasteiger partial charge in [0, 0.05) is 38.8 Å². The van der Waals surface area contributed by atoms with Crippen LogP contribution in [0, 0.1) is 0 Å². The highest BCUT2D eigenvalue weighted by Gasteiger charge is 2.53. The smallest absolute Gasteiger partial charge is 0.341 e. The van der Waals surface area contributed by atoms with Gasteiger partial charge in [-0.2, -0.15) is 0 Å². The van der Waals surface area contributed by atoms with Crippen molar-refractivity contribution in [3.8, 4) is 5.75 Å². The van der Waals surface area contributed by atoms with E-state index < -0.39 is 94.8 Å². The molecule has 2 rings (SSSR count).